The van der Waals surface area contributed by atoms with Gasteiger partial charge in [-0.2, -0.15) is 0 Å². The highest BCUT2D eigenvalue weighted by molar-refractivity contribution is 5.73. The van der Waals surface area contributed by atoms with Crippen molar-refractivity contribution in [3.8, 4) is 23.0 Å². The van der Waals surface area contributed by atoms with Crippen molar-refractivity contribution in [2.45, 2.75) is 19.4 Å². The molecule has 3 rings (SSSR count). The minimum atomic E-state index is -1.67. The number of hydrogen-bond donors (Lipinski definition) is 1. The second-order valence-corrected chi connectivity index (χ2v) is 7.36. The van der Waals surface area contributed by atoms with Gasteiger partial charge in [0.25, 0.3) is 0 Å². The maximum Gasteiger partial charge on any atom is 0.311 e. The second-order valence-electron chi connectivity index (χ2n) is 7.36. The van der Waals surface area contributed by atoms with Crippen LogP contribution in [0, 0.1) is 5.92 Å². The first-order chi connectivity index (χ1) is 15.5. The molecule has 0 aliphatic carbocycles. The Kier molecular flexibility index (Phi) is 8.58. The topological polar surface area (TPSA) is 92.7 Å². The molecule has 1 heterocycles. The molecule has 1 aliphatic heterocycles. The summed E-state index contributed by atoms with van der Waals surface area (Å²) in [6.07, 6.45) is 0. The van der Waals surface area contributed by atoms with E-state index < -0.39 is 17.5 Å². The third kappa shape index (κ3) is 6.27. The summed E-state index contributed by atoms with van der Waals surface area (Å²) in [5.41, 5.74) is -1.67. The molecule has 2 aromatic rings. The van der Waals surface area contributed by atoms with Gasteiger partial charge in [-0.15, -0.1) is 0 Å². The van der Waals surface area contributed by atoms with E-state index in [2.05, 4.69) is 0 Å². The maximum atomic E-state index is 12.4. The Labute approximate surface area is 187 Å². The average molecular weight is 446 g/mol. The lowest BCUT2D eigenvalue weighted by Crippen LogP contribution is -2.51. The van der Waals surface area contributed by atoms with Crippen molar-refractivity contribution in [3.63, 3.8) is 0 Å². The van der Waals surface area contributed by atoms with Gasteiger partial charge in [-0.25, -0.2) is 0 Å². The summed E-state index contributed by atoms with van der Waals surface area (Å²) in [5, 5.41) is 11.4. The summed E-state index contributed by atoms with van der Waals surface area (Å²) >= 11 is 0. The highest BCUT2D eigenvalue weighted by Crippen LogP contribution is 2.31. The Morgan fingerprint density at radius 2 is 1.31 bits per heavy atom. The number of carbonyl (C=O) groups is 1. The van der Waals surface area contributed by atoms with E-state index in [4.69, 9.17) is 28.4 Å². The highest BCUT2D eigenvalue weighted by atomic mass is 16.6. The molecule has 174 valence electrons. The van der Waals surface area contributed by atoms with E-state index in [1.807, 2.05) is 12.1 Å². The molecule has 0 fully saturated rings. The van der Waals surface area contributed by atoms with Crippen LogP contribution in [0.25, 0.3) is 0 Å². The third-order valence-corrected chi connectivity index (χ3v) is 5.07. The Bertz CT molecular complexity index is 813. The number of hydrogen-bond acceptors (Lipinski definition) is 8. The Balaban J connectivity index is 1.87. The van der Waals surface area contributed by atoms with Gasteiger partial charge in [-0.3, -0.25) is 4.79 Å². The van der Waals surface area contributed by atoms with Crippen LogP contribution < -0.4 is 18.9 Å². The SMILES string of the molecule is CCOC(=O)C(C)C1(O)COc2ccccc2OCCOCCOc2ccccc2OC1. The Hall–Kier alpha value is -2.97. The third-order valence-electron chi connectivity index (χ3n) is 5.07. The average Bonchev–Trinajstić information content (AvgIpc) is 2.81. The number of esters is 1. The molecular formula is C24H30O8. The minimum Gasteiger partial charge on any atom is -0.487 e. The second kappa shape index (κ2) is 11.6. The molecule has 0 radical (unpaired) electrons. The Morgan fingerprint density at radius 1 is 0.875 bits per heavy atom. The van der Waals surface area contributed by atoms with E-state index in [9.17, 15) is 9.90 Å². The van der Waals surface area contributed by atoms with E-state index in [0.717, 1.165) is 0 Å². The van der Waals surface area contributed by atoms with Crippen LogP contribution in [0.4, 0.5) is 0 Å². The molecule has 0 saturated heterocycles. The lowest BCUT2D eigenvalue weighted by Gasteiger charge is -2.32. The van der Waals surface area contributed by atoms with Crippen molar-refractivity contribution in [2.24, 2.45) is 5.92 Å². The molecule has 1 aliphatic rings. The first-order valence-electron chi connectivity index (χ1n) is 10.7. The van der Waals surface area contributed by atoms with Crippen molar-refractivity contribution in [1.29, 1.82) is 0 Å². The fraction of sp³-hybridized carbons (Fsp3) is 0.458. The zero-order valence-corrected chi connectivity index (χ0v) is 18.5. The first-order valence-corrected chi connectivity index (χ1v) is 10.7. The van der Waals surface area contributed by atoms with Crippen LogP contribution in [0.1, 0.15) is 13.8 Å². The van der Waals surface area contributed by atoms with E-state index >= 15 is 0 Å². The number of ether oxygens (including phenoxy) is 6. The van der Waals surface area contributed by atoms with Gasteiger partial charge in [0.05, 0.1) is 25.7 Å². The summed E-state index contributed by atoms with van der Waals surface area (Å²) in [6, 6.07) is 14.2. The van der Waals surface area contributed by atoms with Gasteiger partial charge in [-0.1, -0.05) is 24.3 Å². The normalized spacial score (nSPS) is 17.7. The molecule has 1 N–H and O–H groups in total. The molecule has 1 atom stereocenters. The van der Waals surface area contributed by atoms with E-state index in [1.165, 1.54) is 0 Å². The summed E-state index contributed by atoms with van der Waals surface area (Å²) in [7, 11) is 0. The number of para-hydroxylation sites is 4. The molecule has 0 amide bonds. The van der Waals surface area contributed by atoms with E-state index in [0.29, 0.717) is 49.4 Å². The first kappa shape index (κ1) is 23.7. The fourth-order valence-electron chi connectivity index (χ4n) is 3.08. The molecule has 32 heavy (non-hydrogen) atoms. The number of rotatable bonds is 3. The summed E-state index contributed by atoms with van der Waals surface area (Å²) in [4.78, 5) is 12.4. The van der Waals surface area contributed by atoms with Crippen molar-refractivity contribution in [3.05, 3.63) is 48.5 Å². The standard InChI is InChI=1S/C24H30O8/c1-3-28-23(25)18(2)24(26)16-31-21-10-6-4-8-19(21)29-14-12-27-13-15-30-20-9-5-7-11-22(20)32-17-24/h4-11,18,26H,3,12-17H2,1-2H3. The van der Waals surface area contributed by atoms with Gasteiger partial charge in [0, 0.05) is 0 Å². The summed E-state index contributed by atoms with van der Waals surface area (Å²) in [6.45, 7) is 4.47. The van der Waals surface area contributed by atoms with Gasteiger partial charge in [0.2, 0.25) is 0 Å². The van der Waals surface area contributed by atoms with E-state index in [1.54, 1.807) is 50.2 Å². The molecule has 8 heteroatoms. The lowest BCUT2D eigenvalue weighted by atomic mass is 9.90. The molecule has 0 aromatic heterocycles. The zero-order chi connectivity index (χ0) is 22.8. The summed E-state index contributed by atoms with van der Waals surface area (Å²) in [5.74, 6) is 0.461. The fourth-order valence-corrected chi connectivity index (χ4v) is 3.08. The zero-order valence-electron chi connectivity index (χ0n) is 18.5. The minimum absolute atomic E-state index is 0.205. The maximum absolute atomic E-state index is 12.4. The van der Waals surface area contributed by atoms with Crippen LogP contribution >= 0.6 is 0 Å². The van der Waals surface area contributed by atoms with E-state index in [-0.39, 0.29) is 19.8 Å². The summed E-state index contributed by atoms with van der Waals surface area (Å²) < 4.78 is 34.0. The number of aliphatic hydroxyl groups is 1. The van der Waals surface area contributed by atoms with Gasteiger partial charge in [-0.05, 0) is 38.1 Å². The predicted molar refractivity (Wildman–Crippen MR) is 116 cm³/mol. The van der Waals surface area contributed by atoms with Crippen LogP contribution in [-0.2, 0) is 14.3 Å². The smallest absolute Gasteiger partial charge is 0.311 e. The molecule has 0 bridgehead atoms. The highest BCUT2D eigenvalue weighted by Gasteiger charge is 2.42. The number of benzene rings is 2. The molecule has 8 nitrogen and oxygen atoms in total. The van der Waals surface area contributed by atoms with Crippen LogP contribution in [-0.4, -0.2) is 62.9 Å². The van der Waals surface area contributed by atoms with Crippen LogP contribution in [0.15, 0.2) is 48.5 Å². The number of fused-ring (bicyclic) bond motifs is 2. The predicted octanol–water partition coefficient (Wildman–Crippen LogP) is 2.86. The molecule has 0 spiro atoms. The molecule has 0 saturated carbocycles. The molecule has 1 unspecified atom stereocenters. The van der Waals surface area contributed by atoms with Gasteiger partial charge < -0.3 is 33.5 Å². The van der Waals surface area contributed by atoms with Gasteiger partial charge in [0.1, 0.15) is 32.0 Å². The monoisotopic (exact) mass is 446 g/mol. The number of carbonyl (C=O) groups excluding carboxylic acids is 1. The van der Waals surface area contributed by atoms with Crippen LogP contribution in [0.3, 0.4) is 0 Å². The Morgan fingerprint density at radius 3 is 1.75 bits per heavy atom. The van der Waals surface area contributed by atoms with Crippen molar-refractivity contribution < 1.29 is 38.3 Å². The van der Waals surface area contributed by atoms with Crippen LogP contribution in [0.2, 0.25) is 0 Å². The molecular weight excluding hydrogens is 416 g/mol. The van der Waals surface area contributed by atoms with Crippen molar-refractivity contribution in [2.75, 3.05) is 46.2 Å². The van der Waals surface area contributed by atoms with Crippen molar-refractivity contribution >= 4 is 5.97 Å². The largest absolute Gasteiger partial charge is 0.487 e. The van der Waals surface area contributed by atoms with Crippen LogP contribution in [0.5, 0.6) is 23.0 Å². The van der Waals surface area contributed by atoms with Gasteiger partial charge in [0.15, 0.2) is 23.0 Å². The lowest BCUT2D eigenvalue weighted by molar-refractivity contribution is -0.162. The van der Waals surface area contributed by atoms with Crippen molar-refractivity contribution in [1.82, 2.24) is 0 Å². The van der Waals surface area contributed by atoms with Gasteiger partial charge >= 0.3 is 5.97 Å². The molecule has 2 aromatic carbocycles. The quantitative estimate of drug-likeness (QED) is 0.720.